The average Bonchev–Trinajstić information content (AvgIpc) is 2.55. The van der Waals surface area contributed by atoms with E-state index in [-0.39, 0.29) is 12.1 Å². The van der Waals surface area contributed by atoms with Crippen molar-refractivity contribution < 1.29 is 19.6 Å². The van der Waals surface area contributed by atoms with E-state index in [1.807, 2.05) is 0 Å². The maximum Gasteiger partial charge on any atom is 0.326 e. The number of rotatable bonds is 6. The summed E-state index contributed by atoms with van der Waals surface area (Å²) in [5.41, 5.74) is 0.868. The number of non-ortho nitro benzene ring substituents is 1. The summed E-state index contributed by atoms with van der Waals surface area (Å²) in [6.45, 7) is 0. The Kier molecular flexibility index (Phi) is 5.03. The van der Waals surface area contributed by atoms with Crippen molar-refractivity contribution in [1.82, 2.24) is 5.32 Å². The van der Waals surface area contributed by atoms with Gasteiger partial charge in [0.15, 0.2) is 0 Å². The molecule has 23 heavy (non-hydrogen) atoms. The number of nitrogens with one attached hydrogen (secondary N) is 1. The first-order chi connectivity index (χ1) is 11.0. The SMILES string of the molecule is O=C(NC(Cc1ccc([N+](=O)[O-])cc1)C(=O)O)c1ccccc1. The number of carboxylic acids is 1. The molecule has 0 fully saturated rings. The van der Waals surface area contributed by atoms with Crippen molar-refractivity contribution in [3.8, 4) is 0 Å². The van der Waals surface area contributed by atoms with Gasteiger partial charge in [0.05, 0.1) is 4.92 Å². The molecule has 1 unspecified atom stereocenters. The molecule has 0 spiro atoms. The number of carbonyl (C=O) groups is 2. The summed E-state index contributed by atoms with van der Waals surface area (Å²) >= 11 is 0. The quantitative estimate of drug-likeness (QED) is 0.626. The molecule has 1 amide bonds. The summed E-state index contributed by atoms with van der Waals surface area (Å²) in [6.07, 6.45) is 0.0336. The molecule has 0 saturated heterocycles. The van der Waals surface area contributed by atoms with Crippen LogP contribution in [-0.4, -0.2) is 27.9 Å². The number of carbonyl (C=O) groups excluding carboxylic acids is 1. The van der Waals surface area contributed by atoms with Gasteiger partial charge in [0.2, 0.25) is 0 Å². The van der Waals surface area contributed by atoms with Crippen LogP contribution in [0.2, 0.25) is 0 Å². The number of carboxylic acid groups (broad SMARTS) is 1. The van der Waals surface area contributed by atoms with Crippen LogP contribution < -0.4 is 5.32 Å². The molecule has 2 aromatic rings. The minimum absolute atomic E-state index is 0.0336. The van der Waals surface area contributed by atoms with Crippen molar-refractivity contribution in [2.75, 3.05) is 0 Å². The molecule has 7 nitrogen and oxygen atoms in total. The van der Waals surface area contributed by atoms with Crippen molar-refractivity contribution in [1.29, 1.82) is 0 Å². The second-order valence-corrected chi connectivity index (χ2v) is 4.86. The van der Waals surface area contributed by atoms with Crippen LogP contribution in [0, 0.1) is 10.1 Å². The zero-order chi connectivity index (χ0) is 16.8. The molecule has 0 aromatic heterocycles. The zero-order valence-corrected chi connectivity index (χ0v) is 12.0. The Bertz CT molecular complexity index is 713. The van der Waals surface area contributed by atoms with Gasteiger partial charge in [-0.05, 0) is 17.7 Å². The fourth-order valence-electron chi connectivity index (χ4n) is 2.02. The Hall–Kier alpha value is -3.22. The maximum absolute atomic E-state index is 12.0. The molecule has 0 aliphatic heterocycles. The molecule has 118 valence electrons. The third-order valence-corrected chi connectivity index (χ3v) is 3.23. The molecule has 0 aliphatic carbocycles. The molecule has 0 radical (unpaired) electrons. The van der Waals surface area contributed by atoms with Crippen LogP contribution in [0.3, 0.4) is 0 Å². The zero-order valence-electron chi connectivity index (χ0n) is 12.0. The molecular formula is C16H14N2O5. The normalized spacial score (nSPS) is 11.5. The number of benzene rings is 2. The lowest BCUT2D eigenvalue weighted by molar-refractivity contribution is -0.384. The number of hydrogen-bond acceptors (Lipinski definition) is 4. The molecule has 0 heterocycles. The summed E-state index contributed by atoms with van der Waals surface area (Å²) in [5.74, 6) is -1.66. The van der Waals surface area contributed by atoms with Crippen molar-refractivity contribution in [2.24, 2.45) is 0 Å². The summed E-state index contributed by atoms with van der Waals surface area (Å²) in [4.78, 5) is 33.4. The Morgan fingerprint density at radius 1 is 1.09 bits per heavy atom. The van der Waals surface area contributed by atoms with E-state index in [4.69, 9.17) is 0 Å². The predicted octanol–water partition coefficient (Wildman–Crippen LogP) is 2.02. The minimum atomic E-state index is -1.17. The molecular weight excluding hydrogens is 300 g/mol. The van der Waals surface area contributed by atoms with Gasteiger partial charge < -0.3 is 10.4 Å². The van der Waals surface area contributed by atoms with Gasteiger partial charge in [-0.25, -0.2) is 4.79 Å². The van der Waals surface area contributed by atoms with Crippen molar-refractivity contribution in [3.63, 3.8) is 0 Å². The van der Waals surface area contributed by atoms with E-state index in [0.717, 1.165) is 0 Å². The van der Waals surface area contributed by atoms with Gasteiger partial charge in [-0.2, -0.15) is 0 Å². The Morgan fingerprint density at radius 2 is 1.70 bits per heavy atom. The lowest BCUT2D eigenvalue weighted by Crippen LogP contribution is -2.42. The highest BCUT2D eigenvalue weighted by Gasteiger charge is 2.21. The van der Waals surface area contributed by atoms with Gasteiger partial charge in [-0.15, -0.1) is 0 Å². The van der Waals surface area contributed by atoms with E-state index in [1.54, 1.807) is 30.3 Å². The number of aliphatic carboxylic acids is 1. The molecule has 2 aromatic carbocycles. The van der Waals surface area contributed by atoms with E-state index in [1.165, 1.54) is 24.3 Å². The smallest absolute Gasteiger partial charge is 0.326 e. The topological polar surface area (TPSA) is 110 Å². The lowest BCUT2D eigenvalue weighted by Gasteiger charge is -2.14. The van der Waals surface area contributed by atoms with Crippen LogP contribution in [-0.2, 0) is 11.2 Å². The van der Waals surface area contributed by atoms with Gasteiger partial charge in [-0.1, -0.05) is 30.3 Å². The van der Waals surface area contributed by atoms with Crippen LogP contribution in [0.15, 0.2) is 54.6 Å². The molecule has 0 saturated carbocycles. The van der Waals surface area contributed by atoms with Gasteiger partial charge in [0.25, 0.3) is 11.6 Å². The van der Waals surface area contributed by atoms with Crippen molar-refractivity contribution in [2.45, 2.75) is 12.5 Å². The van der Waals surface area contributed by atoms with E-state index >= 15 is 0 Å². The Balaban J connectivity index is 2.08. The molecule has 2 N–H and O–H groups in total. The highest BCUT2D eigenvalue weighted by Crippen LogP contribution is 2.13. The molecule has 1 atom stereocenters. The van der Waals surface area contributed by atoms with Gasteiger partial charge >= 0.3 is 5.97 Å². The van der Waals surface area contributed by atoms with Crippen LogP contribution in [0.4, 0.5) is 5.69 Å². The van der Waals surface area contributed by atoms with Crippen molar-refractivity contribution in [3.05, 3.63) is 75.8 Å². The minimum Gasteiger partial charge on any atom is -0.480 e. The third-order valence-electron chi connectivity index (χ3n) is 3.23. The predicted molar refractivity (Wildman–Crippen MR) is 82.1 cm³/mol. The van der Waals surface area contributed by atoms with E-state index in [9.17, 15) is 24.8 Å². The fourth-order valence-corrected chi connectivity index (χ4v) is 2.02. The summed E-state index contributed by atoms with van der Waals surface area (Å²) in [5, 5.41) is 22.3. The first kappa shape index (κ1) is 16.2. The van der Waals surface area contributed by atoms with Crippen molar-refractivity contribution >= 4 is 17.6 Å². The Labute approximate surface area is 131 Å². The largest absolute Gasteiger partial charge is 0.480 e. The first-order valence-electron chi connectivity index (χ1n) is 6.79. The second-order valence-electron chi connectivity index (χ2n) is 4.86. The van der Waals surface area contributed by atoms with E-state index in [2.05, 4.69) is 5.32 Å². The average molecular weight is 314 g/mol. The maximum atomic E-state index is 12.0. The molecule has 0 aliphatic rings. The number of nitro groups is 1. The fraction of sp³-hybridized carbons (Fsp3) is 0.125. The van der Waals surface area contributed by atoms with Gasteiger partial charge in [0, 0.05) is 24.1 Å². The van der Waals surface area contributed by atoms with Gasteiger partial charge in [-0.3, -0.25) is 14.9 Å². The second kappa shape index (κ2) is 7.17. The molecule has 0 bridgehead atoms. The van der Waals surface area contributed by atoms with Crippen LogP contribution in [0.5, 0.6) is 0 Å². The highest BCUT2D eigenvalue weighted by atomic mass is 16.6. The van der Waals surface area contributed by atoms with Gasteiger partial charge in [0.1, 0.15) is 6.04 Å². The third kappa shape index (κ3) is 4.37. The Morgan fingerprint density at radius 3 is 2.22 bits per heavy atom. The number of amides is 1. The van der Waals surface area contributed by atoms with Crippen LogP contribution in [0.25, 0.3) is 0 Å². The summed E-state index contributed by atoms with van der Waals surface area (Å²) in [7, 11) is 0. The monoisotopic (exact) mass is 314 g/mol. The standard InChI is InChI=1S/C16H14N2O5/c19-15(12-4-2-1-3-5-12)17-14(16(20)21)10-11-6-8-13(9-7-11)18(22)23/h1-9,14H,10H2,(H,17,19)(H,20,21). The first-order valence-corrected chi connectivity index (χ1v) is 6.79. The molecule has 2 rings (SSSR count). The number of nitro benzene ring substituents is 1. The number of hydrogen-bond donors (Lipinski definition) is 2. The highest BCUT2D eigenvalue weighted by molar-refractivity contribution is 5.96. The summed E-state index contributed by atoms with van der Waals surface area (Å²) in [6, 6.07) is 12.7. The van der Waals surface area contributed by atoms with E-state index in [0.29, 0.717) is 11.1 Å². The van der Waals surface area contributed by atoms with Crippen LogP contribution >= 0.6 is 0 Å². The number of nitrogens with zero attached hydrogens (tertiary/aromatic N) is 1. The molecule has 7 heteroatoms. The van der Waals surface area contributed by atoms with Crippen LogP contribution in [0.1, 0.15) is 15.9 Å². The lowest BCUT2D eigenvalue weighted by atomic mass is 10.0. The summed E-state index contributed by atoms with van der Waals surface area (Å²) < 4.78 is 0. The van der Waals surface area contributed by atoms with E-state index < -0.39 is 22.8 Å².